The highest BCUT2D eigenvalue weighted by molar-refractivity contribution is 7.27. The molecule has 0 atom stereocenters. The van der Waals surface area contributed by atoms with E-state index in [2.05, 4.69) is 513 Å². The predicted octanol–water partition coefficient (Wildman–Crippen LogP) is 38.2. The minimum atomic E-state index is 1.17. The minimum Gasteiger partial charge on any atom is -0.309 e. The molecule has 0 aliphatic heterocycles. The fourth-order valence-electron chi connectivity index (χ4n) is 24.3. The molecule has 0 saturated heterocycles. The Morgan fingerprint density at radius 2 is 0.406 bits per heavy atom. The molecule has 33 aromatic rings. The molecule has 0 bridgehead atoms. The van der Waals surface area contributed by atoms with E-state index in [-0.39, 0.29) is 0 Å². The summed E-state index contributed by atoms with van der Waals surface area (Å²) in [7, 11) is 0. The third-order valence-electron chi connectivity index (χ3n) is 30.4. The van der Waals surface area contributed by atoms with Gasteiger partial charge in [0.2, 0.25) is 0 Å². The van der Waals surface area contributed by atoms with Gasteiger partial charge in [0.05, 0.1) is 86.0 Å². The lowest BCUT2D eigenvalue weighted by Crippen LogP contribution is -1.97. The van der Waals surface area contributed by atoms with E-state index in [0.717, 1.165) is 0 Å². The maximum Gasteiger partial charge on any atom is 0.0719 e. The summed E-state index contributed by atoms with van der Waals surface area (Å²) in [6.45, 7) is 0. The fourth-order valence-corrected chi connectivity index (χ4v) is 28.0. The van der Waals surface area contributed by atoms with Crippen molar-refractivity contribution in [2.24, 2.45) is 0 Å². The van der Waals surface area contributed by atoms with Crippen molar-refractivity contribution in [3.05, 3.63) is 485 Å². The Hall–Kier alpha value is -18.0. The molecule has 9 aromatic heterocycles. The van der Waals surface area contributed by atoms with Crippen LogP contribution >= 0.6 is 34.0 Å². The molecule has 0 radical (unpaired) electrons. The van der Waals surface area contributed by atoms with Gasteiger partial charge in [0, 0.05) is 145 Å². The van der Waals surface area contributed by atoms with Gasteiger partial charge in [0.1, 0.15) is 0 Å². The predicted molar refractivity (Wildman–Crippen MR) is 617 cm³/mol. The molecule has 9 heteroatoms. The second-order valence-corrected chi connectivity index (χ2v) is 41.1. The quantitative estimate of drug-likeness (QED) is 0.142. The Bertz CT molecular complexity index is 11200. The Kier molecular flexibility index (Phi) is 17.5. The lowest BCUT2D eigenvalue weighted by molar-refractivity contribution is 1.17. The van der Waals surface area contributed by atoms with Gasteiger partial charge < -0.3 is 27.4 Å². The molecule has 0 unspecified atom stereocenters. The lowest BCUT2D eigenvalue weighted by atomic mass is 9.94. The SMILES string of the molecule is c1ccc(-c2cccc(-n3c4cc5c(cc4c4ccc6c7ccccc7sc6c43)c3ccccc3n5-c3ccccc3)c2)cc1.c1ccc(-n2c3cc4c(cc3c3ccc5c6ccccc6sc5c32)c2ccccc2n4-c2cc3ccccc3c3ccccc23)cc1.c1ccc(-n2c3cc4c(cc3c3ccc5c6ccccc6sc5c32)c2ccccc2n4-c2ccc3c4ccccc4c4ccccc4c3c2)cc1. The summed E-state index contributed by atoms with van der Waals surface area (Å²) in [5.74, 6) is 0. The smallest absolute Gasteiger partial charge is 0.0719 e. The van der Waals surface area contributed by atoms with E-state index in [4.69, 9.17) is 0 Å². The standard InChI is InChI=1S/C48H28N2S.C44H26N2S.C42H26N2S/c1-2-12-29(13-3-1)50-45-28-44-41(27-42(45)38-24-25-39-37-19-9-11-21-46(37)51-48(39)47(38)50)36-18-8-10-20-43(36)49(44)30-22-23-35-33-16-5-4-14-31(33)32-15-6-7-17-34(32)40(35)26-30;1-2-13-28(14-3-1)45-40-26-41-36(25-37(40)34-22-23-35-33-19-9-11-21-42(33)47-44(35)43(34)45)32-18-8-10-20-38(32)46(41)39-24-27-12-4-5-15-29(27)30-16-6-7-17-31(30)39;1-3-12-27(13-4-1)28-14-11-17-30(24-28)44-39-26-38-35(31-18-7-9-20-37(31)43(38)29-15-5-2-6-16-29)25-36(39)33-22-23-34-32-19-8-10-21-40(32)45-42(34)41(33)44/h1-28H;1-26H;1-26H. The number of rotatable bonds is 7. The first-order valence-electron chi connectivity index (χ1n) is 49.0. The summed E-state index contributed by atoms with van der Waals surface area (Å²) in [6, 6.07) is 179. The highest BCUT2D eigenvalue weighted by Gasteiger charge is 2.28. The minimum absolute atomic E-state index is 1.17. The van der Waals surface area contributed by atoms with Crippen molar-refractivity contribution < 1.29 is 0 Å². The van der Waals surface area contributed by atoms with Crippen molar-refractivity contribution in [2.75, 3.05) is 0 Å². The molecule has 0 N–H and O–H groups in total. The molecule has 6 nitrogen and oxygen atoms in total. The van der Waals surface area contributed by atoms with Gasteiger partial charge in [0.25, 0.3) is 0 Å². The number of benzene rings is 24. The van der Waals surface area contributed by atoms with Gasteiger partial charge in [-0.2, -0.15) is 0 Å². The van der Waals surface area contributed by atoms with Gasteiger partial charge in [0.15, 0.2) is 0 Å². The molecule has 33 rings (SSSR count). The summed E-state index contributed by atoms with van der Waals surface area (Å²) in [5.41, 5.74) is 24.3. The van der Waals surface area contributed by atoms with Crippen LogP contribution in [0.2, 0.25) is 0 Å². The van der Waals surface area contributed by atoms with E-state index in [1.165, 1.54) is 290 Å². The van der Waals surface area contributed by atoms with Crippen LogP contribution in [0.5, 0.6) is 0 Å². The summed E-state index contributed by atoms with van der Waals surface area (Å²) >= 11 is 5.70. The maximum absolute atomic E-state index is 2.52. The van der Waals surface area contributed by atoms with Crippen LogP contribution in [0.3, 0.4) is 0 Å². The first-order chi connectivity index (χ1) is 71.0. The number of fused-ring (bicyclic) bond motifs is 39. The fraction of sp³-hybridized carbons (Fsp3) is 0. The third-order valence-corrected chi connectivity index (χ3v) is 34.0. The van der Waals surface area contributed by atoms with Crippen molar-refractivity contribution in [1.82, 2.24) is 27.4 Å². The van der Waals surface area contributed by atoms with Crippen molar-refractivity contribution in [2.45, 2.75) is 0 Å². The molecule has 24 aromatic carbocycles. The van der Waals surface area contributed by atoms with Crippen LogP contribution in [0.15, 0.2) is 485 Å². The Balaban J connectivity index is 0.0000000983. The van der Waals surface area contributed by atoms with Gasteiger partial charge in [-0.25, -0.2) is 0 Å². The monoisotopic (exact) mass is 1870 g/mol. The second-order valence-electron chi connectivity index (χ2n) is 37.9. The number of hydrogen-bond donors (Lipinski definition) is 0. The average Bonchev–Trinajstić information content (AvgIpc) is 1.55. The zero-order chi connectivity index (χ0) is 93.3. The van der Waals surface area contributed by atoms with Crippen molar-refractivity contribution in [3.63, 3.8) is 0 Å². The molecule has 0 saturated carbocycles. The molecular weight excluding hydrogens is 1790 g/mol. The van der Waals surface area contributed by atoms with E-state index in [9.17, 15) is 0 Å². The normalized spacial score (nSPS) is 12.2. The average molecular weight is 1870 g/mol. The van der Waals surface area contributed by atoms with Crippen LogP contribution in [-0.4, -0.2) is 27.4 Å². The van der Waals surface area contributed by atoms with Crippen LogP contribution < -0.4 is 0 Å². The summed E-state index contributed by atoms with van der Waals surface area (Å²) in [5, 5.41) is 36.0. The van der Waals surface area contributed by atoms with Gasteiger partial charge >= 0.3 is 0 Å². The first kappa shape index (κ1) is 80.0. The molecule has 0 amide bonds. The van der Waals surface area contributed by atoms with Gasteiger partial charge in [-0.05, 0) is 199 Å². The Morgan fingerprint density at radius 1 is 0.126 bits per heavy atom. The number of nitrogens with zero attached hydrogens (tertiary/aromatic N) is 6. The molecule has 664 valence electrons. The number of para-hydroxylation sites is 6. The molecule has 0 aliphatic carbocycles. The molecule has 0 spiro atoms. The van der Waals surface area contributed by atoms with Crippen LogP contribution in [0.4, 0.5) is 0 Å². The summed E-state index contributed by atoms with van der Waals surface area (Å²) < 4.78 is 22.9. The Morgan fingerprint density at radius 3 is 0.853 bits per heavy atom. The molecule has 143 heavy (non-hydrogen) atoms. The zero-order valence-electron chi connectivity index (χ0n) is 77.1. The second kappa shape index (κ2) is 31.3. The largest absolute Gasteiger partial charge is 0.309 e. The molecule has 9 heterocycles. The van der Waals surface area contributed by atoms with E-state index in [1.54, 1.807) is 0 Å². The van der Waals surface area contributed by atoms with Crippen LogP contribution in [-0.2, 0) is 0 Å². The summed E-state index contributed by atoms with van der Waals surface area (Å²) in [4.78, 5) is 0. The Labute approximate surface area is 830 Å². The van der Waals surface area contributed by atoms with Crippen LogP contribution in [0.25, 0.3) is 290 Å². The van der Waals surface area contributed by atoms with Gasteiger partial charge in [-0.15, -0.1) is 34.0 Å². The van der Waals surface area contributed by atoms with Gasteiger partial charge in [-0.1, -0.05) is 346 Å². The highest BCUT2D eigenvalue weighted by atomic mass is 32.1. The third kappa shape index (κ3) is 11.9. The van der Waals surface area contributed by atoms with Crippen molar-refractivity contribution >= 4 is 279 Å². The van der Waals surface area contributed by atoms with E-state index < -0.39 is 0 Å². The zero-order valence-corrected chi connectivity index (χ0v) is 79.5. The number of aromatic nitrogens is 6. The lowest BCUT2D eigenvalue weighted by Gasteiger charge is -2.14. The summed E-state index contributed by atoms with van der Waals surface area (Å²) in [6.07, 6.45) is 0. The van der Waals surface area contributed by atoms with E-state index in [0.29, 0.717) is 0 Å². The molecule has 0 aliphatic rings. The van der Waals surface area contributed by atoms with Crippen LogP contribution in [0, 0.1) is 0 Å². The first-order valence-corrected chi connectivity index (χ1v) is 51.4. The maximum atomic E-state index is 2.52. The number of thiophene rings is 3. The van der Waals surface area contributed by atoms with E-state index in [1.807, 2.05) is 34.0 Å². The van der Waals surface area contributed by atoms with Crippen LogP contribution in [0.1, 0.15) is 0 Å². The molecular formula is C134H80N6S3. The number of hydrogen-bond acceptors (Lipinski definition) is 3. The molecule has 0 fully saturated rings. The van der Waals surface area contributed by atoms with Crippen molar-refractivity contribution in [1.29, 1.82) is 0 Å². The van der Waals surface area contributed by atoms with E-state index >= 15 is 0 Å². The topological polar surface area (TPSA) is 29.6 Å². The van der Waals surface area contributed by atoms with Crippen molar-refractivity contribution in [3.8, 4) is 45.3 Å². The highest BCUT2D eigenvalue weighted by Crippen LogP contribution is 2.52. The van der Waals surface area contributed by atoms with Gasteiger partial charge in [-0.3, -0.25) is 0 Å².